The summed E-state index contributed by atoms with van der Waals surface area (Å²) in [5, 5.41) is 2.56. The van der Waals surface area contributed by atoms with Crippen molar-refractivity contribution in [2.45, 2.75) is 19.1 Å². The molecule has 0 saturated heterocycles. The Balaban J connectivity index is 1.91. The zero-order chi connectivity index (χ0) is 14.6. The third-order valence-electron chi connectivity index (χ3n) is 2.61. The van der Waals surface area contributed by atoms with Gasteiger partial charge in [-0.05, 0) is 12.1 Å². The topological polar surface area (TPSA) is 62.7 Å². The Morgan fingerprint density at radius 3 is 2.90 bits per heavy atom. The Morgan fingerprint density at radius 1 is 1.45 bits per heavy atom. The maximum absolute atomic E-state index is 12.3. The van der Waals surface area contributed by atoms with E-state index in [1.54, 1.807) is 12.4 Å². The monoisotopic (exact) mass is 286 g/mol. The second-order valence-electron chi connectivity index (χ2n) is 4.18. The largest absolute Gasteiger partial charge is 0.406 e. The number of hydrogen-bond donors (Lipinski definition) is 2. The molecule has 2 aromatic heterocycles. The molecule has 0 aromatic carbocycles. The summed E-state index contributed by atoms with van der Waals surface area (Å²) in [4.78, 5) is 18.7. The Hall–Kier alpha value is -2.25. The minimum Gasteiger partial charge on any atom is -0.350 e. The van der Waals surface area contributed by atoms with Crippen LogP contribution in [-0.4, -0.2) is 33.2 Å². The van der Waals surface area contributed by atoms with Crippen LogP contribution >= 0.6 is 0 Å². The summed E-state index contributed by atoms with van der Waals surface area (Å²) in [6.07, 6.45) is 0.604. The number of carbonyl (C=O) groups excluding carboxylic acids is 1. The third-order valence-corrected chi connectivity index (χ3v) is 2.61. The standard InChI is InChI=1S/C12H13F3N4O/c13-12(14,15)8-19-7-1-2-9(19)11(20)18-4-3-10-16-5-6-17-10/h1-2,5-7H,3-4,8H2,(H,16,17)(H,18,20). The molecule has 0 aliphatic carbocycles. The zero-order valence-electron chi connectivity index (χ0n) is 10.4. The predicted molar refractivity (Wildman–Crippen MR) is 65.1 cm³/mol. The number of nitrogens with one attached hydrogen (secondary N) is 2. The number of H-pyrrole nitrogens is 1. The molecule has 2 N–H and O–H groups in total. The Labute approximate surface area is 112 Å². The minimum atomic E-state index is -4.36. The van der Waals surface area contributed by atoms with Crippen molar-refractivity contribution < 1.29 is 18.0 Å². The Kier molecular flexibility index (Phi) is 4.11. The lowest BCUT2D eigenvalue weighted by molar-refractivity contribution is -0.140. The number of rotatable bonds is 5. The first kappa shape index (κ1) is 14.2. The van der Waals surface area contributed by atoms with Gasteiger partial charge in [0.2, 0.25) is 0 Å². The second kappa shape index (κ2) is 5.81. The molecule has 0 saturated carbocycles. The first-order valence-electron chi connectivity index (χ1n) is 5.94. The first-order valence-corrected chi connectivity index (χ1v) is 5.94. The van der Waals surface area contributed by atoms with E-state index in [-0.39, 0.29) is 5.69 Å². The summed E-state index contributed by atoms with van der Waals surface area (Å²) < 4.78 is 37.9. The lowest BCUT2D eigenvalue weighted by Gasteiger charge is -2.11. The summed E-state index contributed by atoms with van der Waals surface area (Å²) >= 11 is 0. The average Bonchev–Trinajstić information content (AvgIpc) is 2.98. The fraction of sp³-hybridized carbons (Fsp3) is 0.333. The highest BCUT2D eigenvalue weighted by Gasteiger charge is 2.29. The van der Waals surface area contributed by atoms with Crippen LogP contribution < -0.4 is 5.32 Å². The van der Waals surface area contributed by atoms with Crippen LogP contribution in [0.3, 0.4) is 0 Å². The van der Waals surface area contributed by atoms with Gasteiger partial charge in [0, 0.05) is 31.6 Å². The lowest BCUT2D eigenvalue weighted by Crippen LogP contribution is -2.29. The van der Waals surface area contributed by atoms with Crippen LogP contribution in [0.4, 0.5) is 13.2 Å². The Morgan fingerprint density at radius 2 is 2.25 bits per heavy atom. The molecule has 20 heavy (non-hydrogen) atoms. The molecule has 0 bridgehead atoms. The quantitative estimate of drug-likeness (QED) is 0.879. The van der Waals surface area contributed by atoms with Crippen molar-refractivity contribution >= 4 is 5.91 Å². The highest BCUT2D eigenvalue weighted by Crippen LogP contribution is 2.18. The minimum absolute atomic E-state index is 0.0123. The molecule has 0 unspecified atom stereocenters. The molecule has 8 heteroatoms. The van der Waals surface area contributed by atoms with Crippen LogP contribution in [0.25, 0.3) is 0 Å². The summed E-state index contributed by atoms with van der Waals surface area (Å²) in [6, 6.07) is 2.77. The average molecular weight is 286 g/mol. The van der Waals surface area contributed by atoms with Gasteiger partial charge in [0.05, 0.1) is 0 Å². The fourth-order valence-corrected chi connectivity index (χ4v) is 1.77. The van der Waals surface area contributed by atoms with Crippen molar-refractivity contribution in [1.29, 1.82) is 0 Å². The molecule has 0 spiro atoms. The van der Waals surface area contributed by atoms with Crippen molar-refractivity contribution in [3.8, 4) is 0 Å². The number of nitrogens with zero attached hydrogens (tertiary/aromatic N) is 2. The van der Waals surface area contributed by atoms with Crippen molar-refractivity contribution in [3.63, 3.8) is 0 Å². The molecule has 0 aliphatic heterocycles. The van der Waals surface area contributed by atoms with Gasteiger partial charge in [-0.1, -0.05) is 0 Å². The highest BCUT2D eigenvalue weighted by molar-refractivity contribution is 5.92. The number of aromatic amines is 1. The summed E-state index contributed by atoms with van der Waals surface area (Å²) in [7, 11) is 0. The SMILES string of the molecule is O=C(NCCc1ncc[nH]1)c1cccn1CC(F)(F)F. The van der Waals surface area contributed by atoms with E-state index in [1.165, 1.54) is 18.3 Å². The molecule has 2 rings (SSSR count). The van der Waals surface area contributed by atoms with Crippen LogP contribution in [0.15, 0.2) is 30.7 Å². The Bertz CT molecular complexity index is 560. The van der Waals surface area contributed by atoms with Gasteiger partial charge >= 0.3 is 6.18 Å². The zero-order valence-corrected chi connectivity index (χ0v) is 10.4. The molecule has 5 nitrogen and oxygen atoms in total. The number of imidazole rings is 1. The molecule has 0 fully saturated rings. The number of aromatic nitrogens is 3. The molecule has 0 aliphatic rings. The van der Waals surface area contributed by atoms with E-state index in [9.17, 15) is 18.0 Å². The van der Waals surface area contributed by atoms with Gasteiger partial charge in [0.1, 0.15) is 18.1 Å². The molecule has 0 radical (unpaired) electrons. The van der Waals surface area contributed by atoms with E-state index in [2.05, 4.69) is 15.3 Å². The van der Waals surface area contributed by atoms with Crippen molar-refractivity contribution in [2.24, 2.45) is 0 Å². The van der Waals surface area contributed by atoms with E-state index < -0.39 is 18.6 Å². The normalized spacial score (nSPS) is 11.6. The number of alkyl halides is 3. The number of halogens is 3. The molecule has 2 heterocycles. The van der Waals surface area contributed by atoms with Crippen molar-refractivity contribution in [2.75, 3.05) is 6.54 Å². The molecule has 108 valence electrons. The van der Waals surface area contributed by atoms with Crippen LogP contribution in [-0.2, 0) is 13.0 Å². The van der Waals surface area contributed by atoms with Gasteiger partial charge in [0.25, 0.3) is 5.91 Å². The number of amides is 1. The van der Waals surface area contributed by atoms with Gasteiger partial charge in [-0.3, -0.25) is 4.79 Å². The van der Waals surface area contributed by atoms with Gasteiger partial charge in [-0.15, -0.1) is 0 Å². The third kappa shape index (κ3) is 3.87. The molecule has 2 aromatic rings. The van der Waals surface area contributed by atoms with Crippen LogP contribution in [0, 0.1) is 0 Å². The number of hydrogen-bond acceptors (Lipinski definition) is 2. The van der Waals surface area contributed by atoms with Gasteiger partial charge < -0.3 is 14.9 Å². The van der Waals surface area contributed by atoms with Crippen molar-refractivity contribution in [3.05, 3.63) is 42.2 Å². The molecule has 1 amide bonds. The van der Waals surface area contributed by atoms with E-state index in [1.807, 2.05) is 0 Å². The maximum Gasteiger partial charge on any atom is 0.406 e. The van der Waals surface area contributed by atoms with Gasteiger partial charge in [-0.25, -0.2) is 4.98 Å². The first-order chi connectivity index (χ1) is 9.46. The van der Waals surface area contributed by atoms with E-state index in [0.29, 0.717) is 18.8 Å². The maximum atomic E-state index is 12.3. The highest BCUT2D eigenvalue weighted by atomic mass is 19.4. The summed E-state index contributed by atoms with van der Waals surface area (Å²) in [6.45, 7) is -0.884. The molecular formula is C12H13F3N4O. The predicted octanol–water partition coefficient (Wildman–Crippen LogP) is 1.75. The van der Waals surface area contributed by atoms with Gasteiger partial charge in [0.15, 0.2) is 0 Å². The smallest absolute Gasteiger partial charge is 0.350 e. The fourth-order valence-electron chi connectivity index (χ4n) is 1.77. The second-order valence-corrected chi connectivity index (χ2v) is 4.18. The van der Waals surface area contributed by atoms with E-state index >= 15 is 0 Å². The van der Waals surface area contributed by atoms with E-state index in [4.69, 9.17) is 0 Å². The molecule has 0 atom stereocenters. The van der Waals surface area contributed by atoms with Gasteiger partial charge in [-0.2, -0.15) is 13.2 Å². The van der Waals surface area contributed by atoms with Crippen LogP contribution in [0.1, 0.15) is 16.3 Å². The lowest BCUT2D eigenvalue weighted by atomic mass is 10.3. The summed E-state index contributed by atoms with van der Waals surface area (Å²) in [5.41, 5.74) is -0.0123. The van der Waals surface area contributed by atoms with E-state index in [0.717, 1.165) is 4.57 Å². The molecular weight excluding hydrogens is 273 g/mol. The summed E-state index contributed by atoms with van der Waals surface area (Å²) in [5.74, 6) is 0.168. The van der Waals surface area contributed by atoms with Crippen LogP contribution in [0.2, 0.25) is 0 Å². The van der Waals surface area contributed by atoms with Crippen LogP contribution in [0.5, 0.6) is 0 Å². The van der Waals surface area contributed by atoms with Crippen molar-refractivity contribution in [1.82, 2.24) is 19.9 Å². The number of carbonyl (C=O) groups is 1.